The van der Waals surface area contributed by atoms with Gasteiger partial charge >= 0.3 is 0 Å². The lowest BCUT2D eigenvalue weighted by Crippen LogP contribution is -1.90. The standard InChI is InChI=1S/C5H5N5S/c6-2-1-7-10-4-3(2)8-5(11)9-4/h1H,(H4,6,8,9,10,11). The monoisotopic (exact) mass is 167 g/mol. The van der Waals surface area contributed by atoms with Gasteiger partial charge in [0.05, 0.1) is 11.9 Å². The number of fused-ring (bicyclic) bond motifs is 1. The van der Waals surface area contributed by atoms with Crippen molar-refractivity contribution in [1.29, 1.82) is 0 Å². The molecule has 0 amide bonds. The fraction of sp³-hybridized carbons (Fsp3) is 0. The topological polar surface area (TPSA) is 83.4 Å². The zero-order chi connectivity index (χ0) is 7.84. The van der Waals surface area contributed by atoms with E-state index in [1.165, 1.54) is 6.20 Å². The maximum absolute atomic E-state index is 5.57. The smallest absolute Gasteiger partial charge is 0.180 e. The van der Waals surface area contributed by atoms with E-state index in [9.17, 15) is 0 Å². The van der Waals surface area contributed by atoms with Crippen molar-refractivity contribution in [3.05, 3.63) is 11.0 Å². The molecule has 4 N–H and O–H groups in total. The third-order valence-corrected chi connectivity index (χ3v) is 1.55. The lowest BCUT2D eigenvalue weighted by molar-refractivity contribution is 1.06. The number of aromatic amines is 2. The van der Waals surface area contributed by atoms with Crippen molar-refractivity contribution < 1.29 is 0 Å². The maximum atomic E-state index is 5.57. The van der Waals surface area contributed by atoms with Crippen LogP contribution in [-0.4, -0.2) is 20.2 Å². The molecule has 0 aromatic carbocycles. The first-order valence-corrected chi connectivity index (χ1v) is 3.37. The van der Waals surface area contributed by atoms with Crippen LogP contribution >= 0.6 is 12.2 Å². The fourth-order valence-electron chi connectivity index (χ4n) is 0.871. The van der Waals surface area contributed by atoms with Gasteiger partial charge in [0.25, 0.3) is 0 Å². The van der Waals surface area contributed by atoms with Crippen molar-refractivity contribution in [3.8, 4) is 0 Å². The molecule has 0 bridgehead atoms. The molecule has 0 aliphatic heterocycles. The Balaban J connectivity index is 3.01. The number of anilines is 1. The van der Waals surface area contributed by atoms with Crippen molar-refractivity contribution in [2.24, 2.45) is 0 Å². The SMILES string of the molecule is Nc1cnnc2[nH]c(=S)[nH]c12. The summed E-state index contributed by atoms with van der Waals surface area (Å²) in [5.74, 6) is 0. The predicted molar refractivity (Wildman–Crippen MR) is 43.5 cm³/mol. The van der Waals surface area contributed by atoms with Gasteiger partial charge in [-0.15, -0.1) is 5.10 Å². The van der Waals surface area contributed by atoms with E-state index in [-0.39, 0.29) is 0 Å². The average Bonchev–Trinajstić information content (AvgIpc) is 2.31. The highest BCUT2D eigenvalue weighted by atomic mass is 32.1. The number of nitrogen functional groups attached to an aromatic ring is 1. The van der Waals surface area contributed by atoms with Gasteiger partial charge in [-0.05, 0) is 12.2 Å². The summed E-state index contributed by atoms with van der Waals surface area (Å²) in [6, 6.07) is 0. The minimum Gasteiger partial charge on any atom is -0.396 e. The van der Waals surface area contributed by atoms with E-state index >= 15 is 0 Å². The van der Waals surface area contributed by atoms with Crippen molar-refractivity contribution in [3.63, 3.8) is 0 Å². The molecule has 0 atom stereocenters. The normalized spacial score (nSPS) is 10.5. The summed E-state index contributed by atoms with van der Waals surface area (Å²) < 4.78 is 0.507. The van der Waals surface area contributed by atoms with E-state index in [0.717, 1.165) is 0 Å². The molecule has 0 saturated carbocycles. The molecule has 56 valence electrons. The molecule has 0 radical (unpaired) electrons. The highest BCUT2D eigenvalue weighted by molar-refractivity contribution is 7.71. The van der Waals surface area contributed by atoms with Crippen LogP contribution in [0, 0.1) is 4.77 Å². The van der Waals surface area contributed by atoms with Gasteiger partial charge in [-0.2, -0.15) is 5.10 Å². The van der Waals surface area contributed by atoms with Gasteiger partial charge < -0.3 is 15.7 Å². The maximum Gasteiger partial charge on any atom is 0.180 e. The van der Waals surface area contributed by atoms with Crippen LogP contribution in [0.4, 0.5) is 5.69 Å². The van der Waals surface area contributed by atoms with Gasteiger partial charge in [-0.1, -0.05) is 0 Å². The minimum atomic E-state index is 0.507. The Kier molecular flexibility index (Phi) is 1.16. The van der Waals surface area contributed by atoms with Gasteiger partial charge in [0.15, 0.2) is 10.4 Å². The third-order valence-electron chi connectivity index (χ3n) is 1.35. The summed E-state index contributed by atoms with van der Waals surface area (Å²) in [6.07, 6.45) is 1.47. The molecule has 2 heterocycles. The lowest BCUT2D eigenvalue weighted by Gasteiger charge is -1.89. The molecule has 11 heavy (non-hydrogen) atoms. The number of nitrogens with zero attached hydrogens (tertiary/aromatic N) is 2. The van der Waals surface area contributed by atoms with Crippen molar-refractivity contribution >= 4 is 29.1 Å². The molecule has 0 aliphatic carbocycles. The number of hydrogen-bond acceptors (Lipinski definition) is 4. The van der Waals surface area contributed by atoms with Gasteiger partial charge in [0, 0.05) is 0 Å². The van der Waals surface area contributed by atoms with Crippen molar-refractivity contribution in [1.82, 2.24) is 20.2 Å². The molecule has 0 fully saturated rings. The minimum absolute atomic E-state index is 0.507. The summed E-state index contributed by atoms with van der Waals surface area (Å²) in [7, 11) is 0. The molecule has 6 heteroatoms. The van der Waals surface area contributed by atoms with E-state index < -0.39 is 0 Å². The average molecular weight is 167 g/mol. The van der Waals surface area contributed by atoms with Gasteiger partial charge in [0.1, 0.15) is 5.52 Å². The number of hydrogen-bond donors (Lipinski definition) is 3. The fourth-order valence-corrected chi connectivity index (χ4v) is 1.07. The van der Waals surface area contributed by atoms with Gasteiger partial charge in [-0.25, -0.2) is 0 Å². The quantitative estimate of drug-likeness (QED) is 0.501. The van der Waals surface area contributed by atoms with Crippen LogP contribution in [0.1, 0.15) is 0 Å². The largest absolute Gasteiger partial charge is 0.396 e. The number of nitrogens with one attached hydrogen (secondary N) is 2. The molecule has 0 spiro atoms. The second-order valence-electron chi connectivity index (χ2n) is 2.10. The molecule has 2 rings (SSSR count). The lowest BCUT2D eigenvalue weighted by atomic mass is 10.4. The zero-order valence-corrected chi connectivity index (χ0v) is 6.27. The Bertz CT molecular complexity index is 441. The number of rotatable bonds is 0. The Hall–Kier alpha value is -1.43. The molecule has 0 saturated heterocycles. The number of nitrogens with two attached hydrogens (primary N) is 1. The van der Waals surface area contributed by atoms with Crippen LogP contribution in [0.15, 0.2) is 6.20 Å². The van der Waals surface area contributed by atoms with E-state index in [1.807, 2.05) is 0 Å². The van der Waals surface area contributed by atoms with Crippen LogP contribution in [0.3, 0.4) is 0 Å². The summed E-state index contributed by atoms with van der Waals surface area (Å²) in [6.45, 7) is 0. The number of aromatic nitrogens is 4. The Morgan fingerprint density at radius 3 is 3.00 bits per heavy atom. The van der Waals surface area contributed by atoms with Crippen LogP contribution in [0.5, 0.6) is 0 Å². The second kappa shape index (κ2) is 2.03. The van der Waals surface area contributed by atoms with Gasteiger partial charge in [-0.3, -0.25) is 0 Å². The zero-order valence-electron chi connectivity index (χ0n) is 5.46. The predicted octanol–water partition coefficient (Wildman–Crippen LogP) is 0.598. The number of imidazole rings is 1. The second-order valence-corrected chi connectivity index (χ2v) is 2.51. The Morgan fingerprint density at radius 2 is 2.27 bits per heavy atom. The molecule has 0 aliphatic rings. The molecule has 2 aromatic heterocycles. The third kappa shape index (κ3) is 0.874. The van der Waals surface area contributed by atoms with E-state index in [2.05, 4.69) is 20.2 Å². The molecule has 5 nitrogen and oxygen atoms in total. The van der Waals surface area contributed by atoms with E-state index in [4.69, 9.17) is 18.0 Å². The first-order valence-electron chi connectivity index (χ1n) is 2.96. The molecule has 0 unspecified atom stereocenters. The first-order chi connectivity index (χ1) is 5.27. The first kappa shape index (κ1) is 6.29. The molecule has 2 aromatic rings. The van der Waals surface area contributed by atoms with Crippen LogP contribution in [0.2, 0.25) is 0 Å². The number of H-pyrrole nitrogens is 2. The summed E-state index contributed by atoms with van der Waals surface area (Å²) >= 11 is 4.84. The Labute approximate surface area is 66.6 Å². The van der Waals surface area contributed by atoms with Crippen molar-refractivity contribution in [2.75, 3.05) is 5.73 Å². The summed E-state index contributed by atoms with van der Waals surface area (Å²) in [5, 5.41) is 7.43. The van der Waals surface area contributed by atoms with E-state index in [1.54, 1.807) is 0 Å². The molecular formula is C5H5N5S. The van der Waals surface area contributed by atoms with Crippen LogP contribution in [-0.2, 0) is 0 Å². The molecular weight excluding hydrogens is 162 g/mol. The van der Waals surface area contributed by atoms with E-state index in [0.29, 0.717) is 21.6 Å². The van der Waals surface area contributed by atoms with Crippen LogP contribution < -0.4 is 5.73 Å². The Morgan fingerprint density at radius 1 is 1.45 bits per heavy atom. The van der Waals surface area contributed by atoms with Crippen molar-refractivity contribution in [2.45, 2.75) is 0 Å². The highest BCUT2D eigenvalue weighted by Crippen LogP contribution is 2.11. The van der Waals surface area contributed by atoms with Crippen LogP contribution in [0.25, 0.3) is 11.2 Å². The van der Waals surface area contributed by atoms with Gasteiger partial charge in [0.2, 0.25) is 0 Å². The summed E-state index contributed by atoms with van der Waals surface area (Å²) in [5.41, 5.74) is 7.42. The summed E-state index contributed by atoms with van der Waals surface area (Å²) in [4.78, 5) is 5.66. The highest BCUT2D eigenvalue weighted by Gasteiger charge is 1.99.